The number of ether oxygens (including phenoxy) is 2. The normalized spacial score (nSPS) is 12.8. The van der Waals surface area contributed by atoms with Crippen LogP contribution in [0.15, 0.2) is 0 Å². The number of nitrogens with one attached hydrogen (secondary N) is 1. The maximum atomic E-state index is 5.78. The fourth-order valence-electron chi connectivity index (χ4n) is 2.00. The summed E-state index contributed by atoms with van der Waals surface area (Å²) in [5.74, 6) is 0. The summed E-state index contributed by atoms with van der Waals surface area (Å²) in [6, 6.07) is 0. The average molecular weight is 273 g/mol. The van der Waals surface area contributed by atoms with E-state index >= 15 is 0 Å². The summed E-state index contributed by atoms with van der Waals surface area (Å²) in [5.41, 5.74) is 0. The predicted octanol–water partition coefficient (Wildman–Crippen LogP) is 3.77. The summed E-state index contributed by atoms with van der Waals surface area (Å²) >= 11 is 0. The van der Waals surface area contributed by atoms with Crippen molar-refractivity contribution >= 4 is 0 Å². The van der Waals surface area contributed by atoms with E-state index in [0.29, 0.717) is 6.10 Å². The molecule has 0 radical (unpaired) electrons. The van der Waals surface area contributed by atoms with E-state index in [2.05, 4.69) is 19.2 Å². The predicted molar refractivity (Wildman–Crippen MR) is 82.8 cm³/mol. The molecule has 3 heteroatoms. The Bertz CT molecular complexity index is 165. The van der Waals surface area contributed by atoms with Crippen molar-refractivity contribution in [1.82, 2.24) is 5.32 Å². The van der Waals surface area contributed by atoms with Crippen molar-refractivity contribution in [2.75, 3.05) is 32.9 Å². The van der Waals surface area contributed by atoms with E-state index in [0.717, 1.165) is 39.3 Å². The highest BCUT2D eigenvalue weighted by molar-refractivity contribution is 4.53. The molecular formula is C16H35NO2. The summed E-state index contributed by atoms with van der Waals surface area (Å²) in [6.45, 7) is 11.1. The molecule has 3 nitrogen and oxygen atoms in total. The zero-order valence-corrected chi connectivity index (χ0v) is 13.4. The van der Waals surface area contributed by atoms with Crippen LogP contribution in [0, 0.1) is 0 Å². The van der Waals surface area contributed by atoms with E-state index in [1.54, 1.807) is 0 Å². The van der Waals surface area contributed by atoms with Gasteiger partial charge in [-0.15, -0.1) is 0 Å². The van der Waals surface area contributed by atoms with Gasteiger partial charge in [-0.3, -0.25) is 0 Å². The lowest BCUT2D eigenvalue weighted by atomic mass is 10.1. The van der Waals surface area contributed by atoms with E-state index in [-0.39, 0.29) is 0 Å². The molecule has 0 aliphatic rings. The van der Waals surface area contributed by atoms with Gasteiger partial charge >= 0.3 is 0 Å². The fraction of sp³-hybridized carbons (Fsp3) is 1.00. The molecule has 0 aliphatic heterocycles. The Balaban J connectivity index is 3.07. The van der Waals surface area contributed by atoms with Crippen LogP contribution in [0.5, 0.6) is 0 Å². The molecule has 0 saturated heterocycles. The Morgan fingerprint density at radius 2 is 1.74 bits per heavy atom. The lowest BCUT2D eigenvalue weighted by Crippen LogP contribution is -2.23. The van der Waals surface area contributed by atoms with Gasteiger partial charge in [0.15, 0.2) is 0 Å². The van der Waals surface area contributed by atoms with Gasteiger partial charge in [0.05, 0.1) is 12.7 Å². The van der Waals surface area contributed by atoms with Crippen LogP contribution in [-0.2, 0) is 9.47 Å². The Morgan fingerprint density at radius 3 is 2.47 bits per heavy atom. The van der Waals surface area contributed by atoms with Crippen molar-refractivity contribution in [1.29, 1.82) is 0 Å². The van der Waals surface area contributed by atoms with E-state index in [9.17, 15) is 0 Å². The second-order valence-electron chi connectivity index (χ2n) is 5.18. The molecule has 0 spiro atoms. The zero-order valence-electron chi connectivity index (χ0n) is 13.4. The van der Waals surface area contributed by atoms with E-state index in [1.165, 1.54) is 38.5 Å². The third-order valence-electron chi connectivity index (χ3n) is 3.24. The minimum absolute atomic E-state index is 0.414. The van der Waals surface area contributed by atoms with E-state index in [4.69, 9.17) is 9.47 Å². The van der Waals surface area contributed by atoms with Crippen molar-refractivity contribution in [3.05, 3.63) is 0 Å². The molecule has 0 amide bonds. The maximum Gasteiger partial charge on any atom is 0.0594 e. The molecule has 0 fully saturated rings. The Hall–Kier alpha value is -0.120. The van der Waals surface area contributed by atoms with Crippen LogP contribution in [0.25, 0.3) is 0 Å². The first-order valence-electron chi connectivity index (χ1n) is 8.21. The second kappa shape index (κ2) is 15.9. The molecule has 0 aromatic heterocycles. The summed E-state index contributed by atoms with van der Waals surface area (Å²) in [6.07, 6.45) is 9.27. The standard InChI is InChI=1S/C16H35NO2/c1-4-6-7-8-11-16(3)19-15-13-17-12-9-10-14-18-5-2/h16-17H,4-15H2,1-3H3. The van der Waals surface area contributed by atoms with Crippen LogP contribution < -0.4 is 5.32 Å². The zero-order chi connectivity index (χ0) is 14.2. The molecule has 19 heavy (non-hydrogen) atoms. The fourth-order valence-corrected chi connectivity index (χ4v) is 2.00. The largest absolute Gasteiger partial charge is 0.382 e. The van der Waals surface area contributed by atoms with Crippen LogP contribution in [-0.4, -0.2) is 39.0 Å². The highest BCUT2D eigenvalue weighted by Crippen LogP contribution is 2.07. The lowest BCUT2D eigenvalue weighted by Gasteiger charge is -2.13. The molecule has 0 aliphatic carbocycles. The molecule has 0 aromatic rings. The molecule has 0 heterocycles. The minimum Gasteiger partial charge on any atom is -0.382 e. The molecule has 116 valence electrons. The SMILES string of the molecule is CCCCCCC(C)OCCNCCCCOCC. The van der Waals surface area contributed by atoms with Crippen molar-refractivity contribution in [3.8, 4) is 0 Å². The molecule has 0 bridgehead atoms. The van der Waals surface area contributed by atoms with E-state index < -0.39 is 0 Å². The average Bonchev–Trinajstić information content (AvgIpc) is 2.42. The second-order valence-corrected chi connectivity index (χ2v) is 5.18. The molecule has 0 saturated carbocycles. The molecule has 0 rings (SSSR count). The Kier molecular flexibility index (Phi) is 15.8. The minimum atomic E-state index is 0.414. The monoisotopic (exact) mass is 273 g/mol. The summed E-state index contributed by atoms with van der Waals surface area (Å²) < 4.78 is 11.1. The summed E-state index contributed by atoms with van der Waals surface area (Å²) in [4.78, 5) is 0. The van der Waals surface area contributed by atoms with Gasteiger partial charge in [-0.2, -0.15) is 0 Å². The Labute approximate surface area is 120 Å². The Morgan fingerprint density at radius 1 is 0.895 bits per heavy atom. The smallest absolute Gasteiger partial charge is 0.0594 e. The van der Waals surface area contributed by atoms with Gasteiger partial charge < -0.3 is 14.8 Å². The van der Waals surface area contributed by atoms with Crippen LogP contribution in [0.3, 0.4) is 0 Å². The van der Waals surface area contributed by atoms with Crippen LogP contribution in [0.4, 0.5) is 0 Å². The van der Waals surface area contributed by atoms with Gasteiger partial charge in [-0.1, -0.05) is 32.6 Å². The first-order valence-corrected chi connectivity index (χ1v) is 8.21. The number of unbranched alkanes of at least 4 members (excludes halogenated alkanes) is 4. The third kappa shape index (κ3) is 15.8. The molecular weight excluding hydrogens is 238 g/mol. The van der Waals surface area contributed by atoms with Crippen LogP contribution >= 0.6 is 0 Å². The van der Waals surface area contributed by atoms with Crippen LogP contribution in [0.1, 0.15) is 65.7 Å². The first-order chi connectivity index (χ1) is 9.31. The van der Waals surface area contributed by atoms with Gasteiger partial charge in [0.2, 0.25) is 0 Å². The van der Waals surface area contributed by atoms with Gasteiger partial charge in [-0.05, 0) is 39.7 Å². The van der Waals surface area contributed by atoms with Gasteiger partial charge in [-0.25, -0.2) is 0 Å². The molecule has 1 N–H and O–H groups in total. The van der Waals surface area contributed by atoms with Crippen LogP contribution in [0.2, 0.25) is 0 Å². The van der Waals surface area contributed by atoms with Gasteiger partial charge in [0.25, 0.3) is 0 Å². The maximum absolute atomic E-state index is 5.78. The summed E-state index contributed by atoms with van der Waals surface area (Å²) in [5, 5.41) is 3.41. The highest BCUT2D eigenvalue weighted by Gasteiger charge is 2.01. The number of hydrogen-bond donors (Lipinski definition) is 1. The molecule has 1 unspecified atom stereocenters. The molecule has 1 atom stereocenters. The number of rotatable bonds is 15. The first kappa shape index (κ1) is 18.9. The van der Waals surface area contributed by atoms with Crippen molar-refractivity contribution in [2.45, 2.75) is 71.8 Å². The van der Waals surface area contributed by atoms with E-state index in [1.807, 2.05) is 6.92 Å². The molecule has 0 aromatic carbocycles. The van der Waals surface area contributed by atoms with Crippen molar-refractivity contribution in [3.63, 3.8) is 0 Å². The summed E-state index contributed by atoms with van der Waals surface area (Å²) in [7, 11) is 0. The highest BCUT2D eigenvalue weighted by atomic mass is 16.5. The van der Waals surface area contributed by atoms with Gasteiger partial charge in [0, 0.05) is 19.8 Å². The quantitative estimate of drug-likeness (QED) is 0.461. The van der Waals surface area contributed by atoms with Crippen molar-refractivity contribution < 1.29 is 9.47 Å². The third-order valence-corrected chi connectivity index (χ3v) is 3.24. The topological polar surface area (TPSA) is 30.5 Å². The number of hydrogen-bond acceptors (Lipinski definition) is 3. The lowest BCUT2D eigenvalue weighted by molar-refractivity contribution is 0.0603. The van der Waals surface area contributed by atoms with Crippen molar-refractivity contribution in [2.24, 2.45) is 0 Å². The van der Waals surface area contributed by atoms with Gasteiger partial charge in [0.1, 0.15) is 0 Å².